The maximum atomic E-state index is 13.2. The lowest BCUT2D eigenvalue weighted by atomic mass is 9.97. The Morgan fingerprint density at radius 3 is 2.35 bits per heavy atom. The summed E-state index contributed by atoms with van der Waals surface area (Å²) in [6.07, 6.45) is 12.1. The third kappa shape index (κ3) is 5.37. The number of nitro groups is 1. The zero-order valence-electron chi connectivity index (χ0n) is 18.1. The largest absolute Gasteiger partial charge is 0.361 e. The Hall–Kier alpha value is -3.02. The van der Waals surface area contributed by atoms with E-state index in [0.29, 0.717) is 11.9 Å². The third-order valence-corrected chi connectivity index (χ3v) is 5.87. The predicted molar refractivity (Wildman–Crippen MR) is 125 cm³/mol. The zero-order chi connectivity index (χ0) is 22.2. The number of Topliss-reactive ketones (excluding diaryl/α,β-unsaturated/α-hetero) is 1. The van der Waals surface area contributed by atoms with Crippen molar-refractivity contribution in [1.29, 1.82) is 0 Å². The lowest BCUT2D eigenvalue weighted by molar-refractivity contribution is -0.383. The molecule has 6 nitrogen and oxygen atoms in total. The molecule has 0 amide bonds. The van der Waals surface area contributed by atoms with Gasteiger partial charge in [-0.15, -0.1) is 0 Å². The fourth-order valence-electron chi connectivity index (χ4n) is 4.15. The van der Waals surface area contributed by atoms with Gasteiger partial charge in [-0.3, -0.25) is 19.7 Å². The highest BCUT2D eigenvalue weighted by atomic mass is 16.6. The zero-order valence-corrected chi connectivity index (χ0v) is 18.1. The van der Waals surface area contributed by atoms with Crippen LogP contribution >= 0.6 is 0 Å². The van der Waals surface area contributed by atoms with Gasteiger partial charge in [0.25, 0.3) is 5.69 Å². The molecule has 1 N–H and O–H groups in total. The normalized spacial score (nSPS) is 11.3. The number of benzene rings is 2. The molecule has 0 spiro atoms. The van der Waals surface area contributed by atoms with Crippen molar-refractivity contribution in [3.63, 3.8) is 0 Å². The lowest BCUT2D eigenvalue weighted by Gasteiger charge is -2.07. The molecule has 0 bridgehead atoms. The van der Waals surface area contributed by atoms with E-state index >= 15 is 0 Å². The molecule has 31 heavy (non-hydrogen) atoms. The Morgan fingerprint density at radius 1 is 1.00 bits per heavy atom. The summed E-state index contributed by atoms with van der Waals surface area (Å²) in [6, 6.07) is 8.11. The van der Waals surface area contributed by atoms with Crippen LogP contribution in [0.4, 0.5) is 5.69 Å². The minimum atomic E-state index is -0.522. The number of rotatable bonds is 12. The van der Waals surface area contributed by atoms with Gasteiger partial charge in [-0.25, -0.2) is 0 Å². The highest BCUT2D eigenvalue weighted by Crippen LogP contribution is 2.29. The van der Waals surface area contributed by atoms with E-state index in [-0.39, 0.29) is 34.2 Å². The molecular formula is C25H30N2O4. The second kappa shape index (κ2) is 10.8. The average molecular weight is 423 g/mol. The van der Waals surface area contributed by atoms with Crippen molar-refractivity contribution in [2.24, 2.45) is 0 Å². The van der Waals surface area contributed by atoms with E-state index in [9.17, 15) is 19.7 Å². The molecule has 0 aliphatic carbocycles. The van der Waals surface area contributed by atoms with Crippen LogP contribution in [0.1, 0.15) is 81.5 Å². The lowest BCUT2D eigenvalue weighted by Crippen LogP contribution is -2.16. The van der Waals surface area contributed by atoms with Crippen LogP contribution in [0.15, 0.2) is 41.3 Å². The summed E-state index contributed by atoms with van der Waals surface area (Å²) in [4.78, 5) is 40.1. The monoisotopic (exact) mass is 422 g/mol. The molecule has 0 aliphatic rings. The van der Waals surface area contributed by atoms with Gasteiger partial charge < -0.3 is 4.98 Å². The quantitative estimate of drug-likeness (QED) is 0.116. The number of nitrogens with zero attached hydrogens (tertiary/aromatic N) is 1. The Balaban J connectivity index is 1.75. The van der Waals surface area contributed by atoms with Crippen molar-refractivity contribution in [3.05, 3.63) is 62.4 Å². The average Bonchev–Trinajstić information content (AvgIpc) is 2.77. The van der Waals surface area contributed by atoms with Gasteiger partial charge in [-0.1, -0.05) is 70.4 Å². The molecule has 1 heterocycles. The number of nitrogens with one attached hydrogen (secondary N) is 1. The van der Waals surface area contributed by atoms with Crippen molar-refractivity contribution in [1.82, 2.24) is 4.98 Å². The fraction of sp³-hybridized carbons (Fsp3) is 0.440. The van der Waals surface area contributed by atoms with E-state index in [4.69, 9.17) is 0 Å². The standard InChI is InChI=1S/C25H30N2O4/c1-2-3-4-5-6-7-8-9-10-13-22(28)20-17-21(27(30)31)19-15-14-18-12-11-16-26-24(18)23(19)25(20)29/h11-12,14-17,26H,2-10,13H2,1H3. The molecule has 1 aromatic heterocycles. The highest BCUT2D eigenvalue weighted by Gasteiger charge is 2.23. The van der Waals surface area contributed by atoms with Crippen LogP contribution in [-0.2, 0) is 0 Å². The van der Waals surface area contributed by atoms with Gasteiger partial charge in [-0.05, 0) is 23.9 Å². The molecule has 6 heteroatoms. The Morgan fingerprint density at radius 2 is 1.68 bits per heavy atom. The number of carbonyl (C=O) groups excluding carboxylic acids is 1. The number of unbranched alkanes of at least 4 members (excludes halogenated alkanes) is 8. The van der Waals surface area contributed by atoms with Crippen molar-refractivity contribution < 1.29 is 9.72 Å². The number of hydrogen-bond acceptors (Lipinski definition) is 4. The smallest absolute Gasteiger partial charge is 0.278 e. The number of carbonyl (C=O) groups is 1. The molecular weight excluding hydrogens is 392 g/mol. The SMILES string of the molecule is CCCCCCCCCCCC(=O)c1cc([N+](=O)[O-])c2ccc3ccc[nH]c3c2c1=O. The van der Waals surface area contributed by atoms with E-state index in [1.807, 2.05) is 6.07 Å². The second-order valence-electron chi connectivity index (χ2n) is 8.15. The van der Waals surface area contributed by atoms with Gasteiger partial charge in [0.1, 0.15) is 0 Å². The summed E-state index contributed by atoms with van der Waals surface area (Å²) in [6.45, 7) is 2.20. The van der Waals surface area contributed by atoms with Gasteiger partial charge in [0.05, 0.1) is 26.8 Å². The van der Waals surface area contributed by atoms with Crippen LogP contribution in [0.2, 0.25) is 0 Å². The van der Waals surface area contributed by atoms with Gasteiger partial charge >= 0.3 is 0 Å². The molecule has 3 rings (SSSR count). The first kappa shape index (κ1) is 22.7. The summed E-state index contributed by atoms with van der Waals surface area (Å²) < 4.78 is 0. The fourth-order valence-corrected chi connectivity index (χ4v) is 4.15. The third-order valence-electron chi connectivity index (χ3n) is 5.87. The number of aromatic nitrogens is 1. The van der Waals surface area contributed by atoms with Crippen molar-refractivity contribution >= 4 is 33.1 Å². The van der Waals surface area contributed by atoms with E-state index in [1.165, 1.54) is 32.1 Å². The van der Waals surface area contributed by atoms with Gasteiger partial charge in [-0.2, -0.15) is 0 Å². The molecule has 2 aromatic carbocycles. The van der Waals surface area contributed by atoms with E-state index < -0.39 is 10.4 Å². The van der Waals surface area contributed by atoms with Crippen LogP contribution in [0.25, 0.3) is 21.7 Å². The summed E-state index contributed by atoms with van der Waals surface area (Å²) >= 11 is 0. The van der Waals surface area contributed by atoms with Crippen molar-refractivity contribution in [2.45, 2.75) is 71.1 Å². The number of aromatic amines is 1. The summed E-state index contributed by atoms with van der Waals surface area (Å²) in [7, 11) is 0. The first-order valence-electron chi connectivity index (χ1n) is 11.3. The number of nitro benzene ring substituents is 1. The summed E-state index contributed by atoms with van der Waals surface area (Å²) in [5.74, 6) is -0.314. The van der Waals surface area contributed by atoms with Crippen LogP contribution in [0.5, 0.6) is 0 Å². The molecule has 3 aromatic rings. The minimum absolute atomic E-state index is 0.0801. The molecule has 0 unspecified atom stereocenters. The van der Waals surface area contributed by atoms with Crippen molar-refractivity contribution in [2.75, 3.05) is 0 Å². The van der Waals surface area contributed by atoms with E-state index in [1.54, 1.807) is 24.4 Å². The Bertz CT molecular complexity index is 1130. The molecule has 0 radical (unpaired) electrons. The molecule has 0 atom stereocenters. The van der Waals surface area contributed by atoms with Crippen LogP contribution < -0.4 is 5.43 Å². The summed E-state index contributed by atoms with van der Waals surface area (Å²) in [5, 5.41) is 12.9. The molecule has 0 aliphatic heterocycles. The maximum absolute atomic E-state index is 13.2. The van der Waals surface area contributed by atoms with Crippen LogP contribution in [0, 0.1) is 10.1 Å². The number of hydrogen-bond donors (Lipinski definition) is 1. The first-order chi connectivity index (χ1) is 15.0. The second-order valence-corrected chi connectivity index (χ2v) is 8.15. The van der Waals surface area contributed by atoms with Crippen LogP contribution in [0.3, 0.4) is 0 Å². The predicted octanol–water partition coefficient (Wildman–Crippen LogP) is 6.69. The Kier molecular flexibility index (Phi) is 7.93. The molecule has 0 saturated carbocycles. The number of pyridine rings is 1. The van der Waals surface area contributed by atoms with Gasteiger partial charge in [0, 0.05) is 18.7 Å². The van der Waals surface area contributed by atoms with E-state index in [2.05, 4.69) is 11.9 Å². The number of fused-ring (bicyclic) bond motifs is 3. The minimum Gasteiger partial charge on any atom is -0.361 e. The molecule has 0 saturated heterocycles. The number of H-pyrrole nitrogens is 1. The van der Waals surface area contributed by atoms with Crippen LogP contribution in [-0.4, -0.2) is 15.7 Å². The highest BCUT2D eigenvalue weighted by molar-refractivity contribution is 6.11. The van der Waals surface area contributed by atoms with E-state index in [0.717, 1.165) is 30.7 Å². The molecule has 164 valence electrons. The number of ketones is 1. The summed E-state index contributed by atoms with van der Waals surface area (Å²) in [5.41, 5.74) is -0.201. The number of non-ortho nitro benzene ring substituents is 1. The van der Waals surface area contributed by atoms with Gasteiger partial charge in [0.15, 0.2) is 11.2 Å². The first-order valence-corrected chi connectivity index (χ1v) is 11.3. The van der Waals surface area contributed by atoms with Gasteiger partial charge in [0.2, 0.25) is 0 Å². The Labute approximate surface area is 181 Å². The topological polar surface area (TPSA) is 93.1 Å². The molecule has 0 fully saturated rings. The van der Waals surface area contributed by atoms with Crippen molar-refractivity contribution in [3.8, 4) is 0 Å². The maximum Gasteiger partial charge on any atom is 0.278 e.